The fourth-order valence-corrected chi connectivity index (χ4v) is 2.12. The number of allylic oxidation sites excluding steroid dienone is 1. The number of hydrogen-bond donors (Lipinski definition) is 0. The van der Waals surface area contributed by atoms with Gasteiger partial charge in [-0.2, -0.15) is 10.2 Å². The number of azo groups is 1. The summed E-state index contributed by atoms with van der Waals surface area (Å²) < 4.78 is 10.2. The van der Waals surface area contributed by atoms with Crippen molar-refractivity contribution < 1.29 is 14.3 Å². The molecule has 22 heavy (non-hydrogen) atoms. The van der Waals surface area contributed by atoms with Crippen LogP contribution in [0.5, 0.6) is 0 Å². The first-order valence-electron chi connectivity index (χ1n) is 7.60. The minimum Gasteiger partial charge on any atom is -0.497 e. The third-order valence-electron chi connectivity index (χ3n) is 3.39. The van der Waals surface area contributed by atoms with Crippen LogP contribution in [-0.4, -0.2) is 31.8 Å². The van der Waals surface area contributed by atoms with Gasteiger partial charge in [-0.15, -0.1) is 0 Å². The number of methoxy groups -OCH3 is 1. The molecule has 5 nitrogen and oxygen atoms in total. The molecule has 0 aromatic rings. The molecule has 0 aromatic heterocycles. The van der Waals surface area contributed by atoms with Crippen molar-refractivity contribution >= 4 is 5.97 Å². The molecule has 0 aromatic carbocycles. The number of ether oxygens (including phenoxy) is 2. The van der Waals surface area contributed by atoms with E-state index in [1.165, 1.54) is 0 Å². The maximum Gasteiger partial charge on any atom is 0.337 e. The molecule has 118 valence electrons. The molecule has 0 bridgehead atoms. The summed E-state index contributed by atoms with van der Waals surface area (Å²) in [6.45, 7) is 2.43. The van der Waals surface area contributed by atoms with Crippen LogP contribution in [0.1, 0.15) is 26.2 Å². The smallest absolute Gasteiger partial charge is 0.337 e. The SMILES string of the molecule is CCCOC(=O)C1=CCC(N=NC2C=CC(OC)=CC2)C=C1. The van der Waals surface area contributed by atoms with E-state index in [1.54, 1.807) is 13.2 Å². The average molecular weight is 302 g/mol. The van der Waals surface area contributed by atoms with E-state index in [2.05, 4.69) is 10.2 Å². The van der Waals surface area contributed by atoms with Gasteiger partial charge in [0.15, 0.2) is 0 Å². The first-order chi connectivity index (χ1) is 10.7. The normalized spacial score (nSPS) is 24.1. The molecule has 2 aliphatic rings. The van der Waals surface area contributed by atoms with Crippen LogP contribution in [0.3, 0.4) is 0 Å². The molecule has 0 radical (unpaired) electrons. The van der Waals surface area contributed by atoms with Gasteiger partial charge in [0.2, 0.25) is 0 Å². The summed E-state index contributed by atoms with van der Waals surface area (Å²) >= 11 is 0. The van der Waals surface area contributed by atoms with Crippen molar-refractivity contribution in [2.75, 3.05) is 13.7 Å². The highest BCUT2D eigenvalue weighted by Crippen LogP contribution is 2.18. The second-order valence-corrected chi connectivity index (χ2v) is 5.16. The first-order valence-corrected chi connectivity index (χ1v) is 7.60. The van der Waals surface area contributed by atoms with Gasteiger partial charge in [0, 0.05) is 0 Å². The van der Waals surface area contributed by atoms with Gasteiger partial charge in [-0.05, 0) is 37.5 Å². The van der Waals surface area contributed by atoms with Crippen LogP contribution < -0.4 is 0 Å². The predicted octanol–water partition coefficient (Wildman–Crippen LogP) is 3.51. The summed E-state index contributed by atoms with van der Waals surface area (Å²) in [5.74, 6) is 0.600. The summed E-state index contributed by atoms with van der Waals surface area (Å²) in [7, 11) is 1.65. The zero-order chi connectivity index (χ0) is 15.8. The summed E-state index contributed by atoms with van der Waals surface area (Å²) in [6.07, 6.45) is 13.7. The van der Waals surface area contributed by atoms with Crippen LogP contribution in [-0.2, 0) is 14.3 Å². The number of rotatable bonds is 6. The number of esters is 1. The Kier molecular flexibility index (Phi) is 6.13. The van der Waals surface area contributed by atoms with Gasteiger partial charge in [0.25, 0.3) is 0 Å². The van der Waals surface area contributed by atoms with Gasteiger partial charge in [-0.1, -0.05) is 25.2 Å². The lowest BCUT2D eigenvalue weighted by atomic mass is 10.0. The van der Waals surface area contributed by atoms with E-state index in [0.29, 0.717) is 18.6 Å². The van der Waals surface area contributed by atoms with Gasteiger partial charge in [0.1, 0.15) is 5.76 Å². The highest BCUT2D eigenvalue weighted by molar-refractivity contribution is 5.91. The van der Waals surface area contributed by atoms with Gasteiger partial charge in [0.05, 0.1) is 31.4 Å². The van der Waals surface area contributed by atoms with E-state index in [-0.39, 0.29) is 18.1 Å². The largest absolute Gasteiger partial charge is 0.497 e. The van der Waals surface area contributed by atoms with Gasteiger partial charge >= 0.3 is 5.97 Å². The standard InChI is InChI=1S/C17H22N2O3/c1-3-12-22-17(20)13-4-6-14(7-5-13)18-19-15-8-10-16(21-2)11-9-15/h4-6,8,10-11,14-15H,3,7,9,12H2,1-2H3. The van der Waals surface area contributed by atoms with Crippen molar-refractivity contribution in [2.24, 2.45) is 10.2 Å². The van der Waals surface area contributed by atoms with Crippen LogP contribution in [0.15, 0.2) is 58.0 Å². The minimum absolute atomic E-state index is 0.0103. The quantitative estimate of drug-likeness (QED) is 0.557. The molecular formula is C17H22N2O3. The lowest BCUT2D eigenvalue weighted by Gasteiger charge is -2.13. The molecule has 2 unspecified atom stereocenters. The van der Waals surface area contributed by atoms with E-state index in [1.807, 2.05) is 37.3 Å². The van der Waals surface area contributed by atoms with Crippen molar-refractivity contribution in [1.29, 1.82) is 0 Å². The number of nitrogens with zero attached hydrogens (tertiary/aromatic N) is 2. The molecule has 0 fully saturated rings. The lowest BCUT2D eigenvalue weighted by molar-refractivity contribution is -0.138. The third kappa shape index (κ3) is 4.69. The molecule has 5 heteroatoms. The lowest BCUT2D eigenvalue weighted by Crippen LogP contribution is -2.12. The molecule has 0 saturated carbocycles. The Bertz CT molecular complexity index is 544. The third-order valence-corrected chi connectivity index (χ3v) is 3.39. The van der Waals surface area contributed by atoms with Crippen molar-refractivity contribution in [2.45, 2.75) is 38.3 Å². The molecule has 2 atom stereocenters. The monoisotopic (exact) mass is 302 g/mol. The van der Waals surface area contributed by atoms with E-state index < -0.39 is 0 Å². The minimum atomic E-state index is -0.263. The van der Waals surface area contributed by atoms with E-state index >= 15 is 0 Å². The molecular weight excluding hydrogens is 280 g/mol. The van der Waals surface area contributed by atoms with Crippen LogP contribution in [0, 0.1) is 0 Å². The first kappa shape index (κ1) is 16.2. The van der Waals surface area contributed by atoms with Gasteiger partial charge in [-0.25, -0.2) is 4.79 Å². The van der Waals surface area contributed by atoms with Crippen LogP contribution in [0.4, 0.5) is 0 Å². The highest BCUT2D eigenvalue weighted by atomic mass is 16.5. The maximum atomic E-state index is 11.7. The molecule has 0 heterocycles. The summed E-state index contributed by atoms with van der Waals surface area (Å²) in [5.41, 5.74) is 0.602. The summed E-state index contributed by atoms with van der Waals surface area (Å²) in [4.78, 5) is 11.7. The Hall–Kier alpha value is -2.17. The maximum absolute atomic E-state index is 11.7. The number of carbonyl (C=O) groups excluding carboxylic acids is 1. The van der Waals surface area contributed by atoms with E-state index in [9.17, 15) is 4.79 Å². The zero-order valence-corrected chi connectivity index (χ0v) is 13.1. The van der Waals surface area contributed by atoms with E-state index in [0.717, 1.165) is 18.6 Å². The fourth-order valence-electron chi connectivity index (χ4n) is 2.12. The Morgan fingerprint density at radius 3 is 2.36 bits per heavy atom. The molecule has 0 spiro atoms. The summed E-state index contributed by atoms with van der Waals surface area (Å²) in [5, 5.41) is 8.67. The summed E-state index contributed by atoms with van der Waals surface area (Å²) in [6, 6.07) is 0.0520. The van der Waals surface area contributed by atoms with Gasteiger partial charge < -0.3 is 9.47 Å². The molecule has 2 rings (SSSR count). The molecule has 2 aliphatic carbocycles. The van der Waals surface area contributed by atoms with Crippen molar-refractivity contribution in [3.8, 4) is 0 Å². The second-order valence-electron chi connectivity index (χ2n) is 5.16. The van der Waals surface area contributed by atoms with Crippen molar-refractivity contribution in [1.82, 2.24) is 0 Å². The zero-order valence-electron chi connectivity index (χ0n) is 13.1. The highest BCUT2D eigenvalue weighted by Gasteiger charge is 2.14. The van der Waals surface area contributed by atoms with Crippen LogP contribution >= 0.6 is 0 Å². The van der Waals surface area contributed by atoms with Gasteiger partial charge in [-0.3, -0.25) is 0 Å². The fraction of sp³-hybridized carbons (Fsp3) is 0.471. The topological polar surface area (TPSA) is 60.2 Å². The molecule has 0 amide bonds. The van der Waals surface area contributed by atoms with E-state index in [4.69, 9.17) is 9.47 Å². The second kappa shape index (κ2) is 8.32. The molecule has 0 N–H and O–H groups in total. The average Bonchev–Trinajstić information content (AvgIpc) is 2.58. The molecule has 0 saturated heterocycles. The van der Waals surface area contributed by atoms with Crippen LogP contribution in [0.25, 0.3) is 0 Å². The van der Waals surface area contributed by atoms with Crippen molar-refractivity contribution in [3.63, 3.8) is 0 Å². The Morgan fingerprint density at radius 2 is 1.86 bits per heavy atom. The Morgan fingerprint density at radius 1 is 1.18 bits per heavy atom. The Labute approximate surface area is 131 Å². The predicted molar refractivity (Wildman–Crippen MR) is 84.4 cm³/mol. The molecule has 0 aliphatic heterocycles. The van der Waals surface area contributed by atoms with Crippen LogP contribution in [0.2, 0.25) is 0 Å². The number of hydrogen-bond acceptors (Lipinski definition) is 5. The Balaban J connectivity index is 1.80. The van der Waals surface area contributed by atoms with Crippen molar-refractivity contribution in [3.05, 3.63) is 47.8 Å². The number of carbonyl (C=O) groups is 1.